The first-order chi connectivity index (χ1) is 12.6. The zero-order valence-electron chi connectivity index (χ0n) is 16.2. The Morgan fingerprint density at radius 1 is 0.964 bits per heavy atom. The van der Waals surface area contributed by atoms with Crippen LogP contribution in [0.2, 0.25) is 0 Å². The predicted octanol–water partition coefficient (Wildman–Crippen LogP) is -2.33. The molecule has 0 radical (unpaired) electrons. The Labute approximate surface area is 193 Å². The van der Waals surface area contributed by atoms with Crippen molar-refractivity contribution in [1.82, 2.24) is 0 Å². The van der Waals surface area contributed by atoms with Crippen molar-refractivity contribution in [2.75, 3.05) is 6.61 Å². The summed E-state index contributed by atoms with van der Waals surface area (Å²) in [4.78, 5) is 0. The van der Waals surface area contributed by atoms with Crippen LogP contribution in [-0.4, -0.2) is 11.7 Å². The van der Waals surface area contributed by atoms with Gasteiger partial charge in [0.25, 0.3) is 0 Å². The number of halogens is 2. The molecule has 0 fully saturated rings. The standard InChI is InChI=1S/C24H23O.2ClH.Zr/c1-16(2)20-11-12-22-21-8-4-3-7-18(21)15-23(22)24(20)19-10-9-17(14-19)6-5-13-25;;;/h3-4,7-9,11-12,14,25H,5-6,10,13H2,1-2H3;2*1H;/q;;;+2/p-2. The van der Waals surface area contributed by atoms with E-state index in [2.05, 4.69) is 62.4 Å². The van der Waals surface area contributed by atoms with Gasteiger partial charge in [0.15, 0.2) is 0 Å². The van der Waals surface area contributed by atoms with E-state index in [4.69, 9.17) is 5.11 Å². The molecule has 2 aromatic rings. The molecule has 2 aliphatic carbocycles. The molecule has 0 spiro atoms. The van der Waals surface area contributed by atoms with Gasteiger partial charge in [-0.25, -0.2) is 0 Å². The maximum Gasteiger partial charge on any atom is -1.00 e. The van der Waals surface area contributed by atoms with Gasteiger partial charge >= 0.3 is 170 Å². The average Bonchev–Trinajstić information content (AvgIpc) is 3.23. The largest absolute Gasteiger partial charge is 1.00 e. The van der Waals surface area contributed by atoms with Crippen molar-refractivity contribution in [3.05, 3.63) is 86.1 Å². The summed E-state index contributed by atoms with van der Waals surface area (Å²) in [6.07, 6.45) is 7.51. The molecule has 0 atom stereocenters. The van der Waals surface area contributed by atoms with Crippen LogP contribution in [0.3, 0.4) is 0 Å². The summed E-state index contributed by atoms with van der Waals surface area (Å²) in [5.41, 5.74) is 7.05. The number of rotatable bonds is 4. The first-order valence-electron chi connectivity index (χ1n) is 9.29. The van der Waals surface area contributed by atoms with Crippen molar-refractivity contribution in [2.45, 2.75) is 33.1 Å². The SMILES string of the molecule is CC(C)=c1ccc2c(c1C1=CC(CCCO)=CC1)[C]([Zr+2])=c1ccccc1=2.[Cl-].[Cl-]. The summed E-state index contributed by atoms with van der Waals surface area (Å²) in [6.45, 7) is 4.69. The molecule has 0 aliphatic heterocycles. The molecule has 0 saturated carbocycles. The van der Waals surface area contributed by atoms with Crippen molar-refractivity contribution < 1.29 is 54.6 Å². The van der Waals surface area contributed by atoms with Gasteiger partial charge in [0.05, 0.1) is 0 Å². The van der Waals surface area contributed by atoms with Crippen LogP contribution in [0.15, 0.2) is 54.1 Å². The van der Waals surface area contributed by atoms with Crippen molar-refractivity contribution in [2.24, 2.45) is 0 Å². The Kier molecular flexibility index (Phi) is 8.11. The number of aliphatic hydroxyl groups is 1. The Morgan fingerprint density at radius 3 is 2.36 bits per heavy atom. The number of aliphatic hydroxyl groups excluding tert-OH is 1. The number of benzene rings is 2. The molecular weight excluding hydrogens is 466 g/mol. The van der Waals surface area contributed by atoms with Crippen LogP contribution in [0.25, 0.3) is 14.4 Å². The summed E-state index contributed by atoms with van der Waals surface area (Å²) in [6, 6.07) is 13.4. The van der Waals surface area contributed by atoms with Crippen molar-refractivity contribution in [3.63, 3.8) is 0 Å². The number of allylic oxidation sites excluding steroid dienone is 4. The van der Waals surface area contributed by atoms with E-state index in [0.29, 0.717) is 0 Å². The summed E-state index contributed by atoms with van der Waals surface area (Å²) in [7, 11) is 0. The molecule has 2 aliphatic rings. The number of hydrogen-bond donors (Lipinski definition) is 1. The van der Waals surface area contributed by atoms with Gasteiger partial charge in [-0.2, -0.15) is 0 Å². The van der Waals surface area contributed by atoms with Gasteiger partial charge in [0.2, 0.25) is 0 Å². The van der Waals surface area contributed by atoms with Crippen LogP contribution in [0, 0.1) is 10.4 Å². The van der Waals surface area contributed by atoms with E-state index in [-0.39, 0.29) is 31.4 Å². The fourth-order valence-electron chi connectivity index (χ4n) is 4.12. The fourth-order valence-corrected chi connectivity index (χ4v) is 5.30. The predicted molar refractivity (Wildman–Crippen MR) is 104 cm³/mol. The summed E-state index contributed by atoms with van der Waals surface area (Å²) >= 11 is 1.47. The van der Waals surface area contributed by atoms with Gasteiger partial charge in [-0.3, -0.25) is 0 Å². The van der Waals surface area contributed by atoms with Crippen LogP contribution in [-0.2, 0) is 24.7 Å². The van der Waals surface area contributed by atoms with E-state index >= 15 is 0 Å². The molecule has 0 bridgehead atoms. The van der Waals surface area contributed by atoms with Gasteiger partial charge < -0.3 is 24.8 Å². The van der Waals surface area contributed by atoms with Crippen LogP contribution in [0.1, 0.15) is 44.2 Å². The molecule has 4 rings (SSSR count). The Bertz CT molecular complexity index is 1170. The van der Waals surface area contributed by atoms with Gasteiger partial charge in [-0.15, -0.1) is 0 Å². The van der Waals surface area contributed by atoms with Crippen molar-refractivity contribution in [3.8, 4) is 0 Å². The summed E-state index contributed by atoms with van der Waals surface area (Å²) < 4.78 is 1.48. The molecule has 0 amide bonds. The Balaban J connectivity index is 0.00000140. The monoisotopic (exact) mass is 487 g/mol. The molecule has 1 nitrogen and oxygen atoms in total. The fraction of sp³-hybridized carbons (Fsp3) is 0.250. The van der Waals surface area contributed by atoms with Gasteiger partial charge in [0.1, 0.15) is 0 Å². The zero-order valence-corrected chi connectivity index (χ0v) is 20.1. The minimum Gasteiger partial charge on any atom is -1.00 e. The smallest absolute Gasteiger partial charge is 1.00 e. The maximum absolute atomic E-state index is 9.14. The second-order valence-corrected chi connectivity index (χ2v) is 8.54. The molecule has 2 aromatic carbocycles. The van der Waals surface area contributed by atoms with Gasteiger partial charge in [-0.05, 0) is 0 Å². The second-order valence-electron chi connectivity index (χ2n) is 7.31. The molecule has 0 saturated heterocycles. The third-order valence-corrected chi connectivity index (χ3v) is 6.65. The van der Waals surface area contributed by atoms with Crippen LogP contribution in [0.5, 0.6) is 0 Å². The molecule has 28 heavy (non-hydrogen) atoms. The first kappa shape index (κ1) is 23.4. The van der Waals surface area contributed by atoms with E-state index in [1.165, 1.54) is 76.7 Å². The topological polar surface area (TPSA) is 20.2 Å². The quantitative estimate of drug-likeness (QED) is 0.511. The molecular formula is C24H23Cl2OZr. The Hall–Kier alpha value is -0.917. The van der Waals surface area contributed by atoms with Gasteiger partial charge in [-0.1, -0.05) is 0 Å². The van der Waals surface area contributed by atoms with Crippen molar-refractivity contribution in [1.29, 1.82) is 0 Å². The normalized spacial score (nSPS) is 13.8. The Morgan fingerprint density at radius 2 is 1.68 bits per heavy atom. The van der Waals surface area contributed by atoms with E-state index in [9.17, 15) is 0 Å². The molecule has 1 N–H and O–H groups in total. The summed E-state index contributed by atoms with van der Waals surface area (Å²) in [5, 5.41) is 14.7. The average molecular weight is 490 g/mol. The molecule has 0 aromatic heterocycles. The third kappa shape index (κ3) is 4.03. The van der Waals surface area contributed by atoms with E-state index < -0.39 is 0 Å². The van der Waals surface area contributed by atoms with Crippen molar-refractivity contribution >= 4 is 14.4 Å². The van der Waals surface area contributed by atoms with Crippen LogP contribution < -0.4 is 35.3 Å². The van der Waals surface area contributed by atoms with Crippen LogP contribution >= 0.6 is 0 Å². The maximum atomic E-state index is 9.14. The summed E-state index contributed by atoms with van der Waals surface area (Å²) in [5.74, 6) is 0. The number of fused-ring (bicyclic) bond motifs is 2. The first-order valence-corrected chi connectivity index (χ1v) is 10.5. The zero-order chi connectivity index (χ0) is 18.3. The van der Waals surface area contributed by atoms with Crippen LogP contribution in [0.4, 0.5) is 0 Å². The van der Waals surface area contributed by atoms with E-state index in [1.54, 1.807) is 0 Å². The number of hydrogen-bond acceptors (Lipinski definition) is 1. The molecule has 0 heterocycles. The minimum atomic E-state index is 0. The van der Waals surface area contributed by atoms with E-state index in [1.807, 2.05) is 0 Å². The molecule has 4 heteroatoms. The van der Waals surface area contributed by atoms with E-state index in [0.717, 1.165) is 19.3 Å². The van der Waals surface area contributed by atoms with Gasteiger partial charge in [0, 0.05) is 0 Å². The minimum absolute atomic E-state index is 0. The second kappa shape index (κ2) is 9.72. The molecule has 0 unspecified atom stereocenters. The third-order valence-electron chi connectivity index (χ3n) is 5.37. The molecule has 143 valence electrons.